The van der Waals surface area contributed by atoms with Gasteiger partial charge in [0.05, 0.1) is 11.6 Å². The molecule has 0 saturated carbocycles. The maximum atomic E-state index is 14.0. The van der Waals surface area contributed by atoms with Crippen molar-refractivity contribution in [1.82, 2.24) is 10.6 Å². The Bertz CT molecular complexity index is 960. The van der Waals surface area contributed by atoms with Gasteiger partial charge in [-0.3, -0.25) is 4.99 Å². The van der Waals surface area contributed by atoms with Crippen LogP contribution in [0.5, 0.6) is 17.2 Å². The fourth-order valence-electron chi connectivity index (χ4n) is 2.65. The van der Waals surface area contributed by atoms with E-state index in [2.05, 4.69) is 20.4 Å². The monoisotopic (exact) mass is 406 g/mol. The third-order valence-corrected chi connectivity index (χ3v) is 4.07. The predicted octanol–water partition coefficient (Wildman–Crippen LogP) is 2.89. The summed E-state index contributed by atoms with van der Waals surface area (Å²) in [4.78, 5) is 4.02. The van der Waals surface area contributed by atoms with Crippen LogP contribution >= 0.6 is 0 Å². The fourth-order valence-corrected chi connectivity index (χ4v) is 2.65. The van der Waals surface area contributed by atoms with Crippen LogP contribution in [0.15, 0.2) is 35.3 Å². The molecule has 1 heterocycles. The lowest BCUT2D eigenvalue weighted by atomic mass is 10.1. The molecule has 0 aliphatic carbocycles. The first-order valence-electron chi connectivity index (χ1n) is 8.50. The number of ether oxygens (including phenoxy) is 3. The number of nitriles is 1. The lowest BCUT2D eigenvalue weighted by Gasteiger charge is -2.15. The zero-order chi connectivity index (χ0) is 20.8. The Morgan fingerprint density at radius 3 is 2.48 bits per heavy atom. The first-order chi connectivity index (χ1) is 14.0. The highest BCUT2D eigenvalue weighted by Gasteiger charge is 2.20. The summed E-state index contributed by atoms with van der Waals surface area (Å²) in [6.07, 6.45) is 0. The number of alkyl halides is 2. The maximum Gasteiger partial charge on any atom is 0.387 e. The predicted molar refractivity (Wildman–Crippen MR) is 97.4 cm³/mol. The van der Waals surface area contributed by atoms with Crippen LogP contribution in [0.1, 0.15) is 16.7 Å². The smallest absolute Gasteiger partial charge is 0.387 e. The highest BCUT2D eigenvalue weighted by atomic mass is 19.3. The first kappa shape index (κ1) is 20.1. The van der Waals surface area contributed by atoms with Crippen molar-refractivity contribution in [1.29, 1.82) is 5.26 Å². The number of nitrogens with zero attached hydrogens (tertiary/aromatic N) is 2. The molecule has 0 bridgehead atoms. The van der Waals surface area contributed by atoms with Crippen molar-refractivity contribution in [3.05, 3.63) is 52.8 Å². The Kier molecular flexibility index (Phi) is 6.29. The van der Waals surface area contributed by atoms with Gasteiger partial charge >= 0.3 is 6.61 Å². The van der Waals surface area contributed by atoms with Crippen LogP contribution in [0.25, 0.3) is 0 Å². The number of rotatable bonds is 6. The summed E-state index contributed by atoms with van der Waals surface area (Å²) < 4.78 is 54.4. The van der Waals surface area contributed by atoms with Crippen LogP contribution in [0.4, 0.5) is 13.2 Å². The highest BCUT2D eigenvalue weighted by Crippen LogP contribution is 2.38. The van der Waals surface area contributed by atoms with Crippen LogP contribution in [0, 0.1) is 17.1 Å². The summed E-state index contributed by atoms with van der Waals surface area (Å²) >= 11 is 0. The minimum absolute atomic E-state index is 0.000285. The van der Waals surface area contributed by atoms with Crippen molar-refractivity contribution < 1.29 is 27.4 Å². The van der Waals surface area contributed by atoms with E-state index in [0.717, 1.165) is 6.07 Å². The second-order valence-electron chi connectivity index (χ2n) is 5.89. The summed E-state index contributed by atoms with van der Waals surface area (Å²) in [5, 5.41) is 14.7. The zero-order valence-electron chi connectivity index (χ0n) is 15.3. The van der Waals surface area contributed by atoms with Crippen LogP contribution in [0.2, 0.25) is 0 Å². The van der Waals surface area contributed by atoms with Crippen molar-refractivity contribution in [2.75, 3.05) is 13.8 Å². The van der Waals surface area contributed by atoms with Crippen molar-refractivity contribution in [2.45, 2.75) is 19.7 Å². The molecular weight excluding hydrogens is 389 g/mol. The van der Waals surface area contributed by atoms with Crippen molar-refractivity contribution in [2.24, 2.45) is 4.99 Å². The molecule has 152 valence electrons. The second-order valence-corrected chi connectivity index (χ2v) is 5.89. The van der Waals surface area contributed by atoms with Crippen molar-refractivity contribution >= 4 is 5.96 Å². The number of guanidine groups is 1. The summed E-state index contributed by atoms with van der Waals surface area (Å²) in [7, 11) is 1.51. The fraction of sp³-hybridized carbons (Fsp3) is 0.263. The number of nitrogens with one attached hydrogen (secondary N) is 2. The maximum absolute atomic E-state index is 14.0. The molecule has 29 heavy (non-hydrogen) atoms. The Labute approximate surface area is 164 Å². The number of hydrogen-bond acceptors (Lipinski definition) is 5. The van der Waals surface area contributed by atoms with Gasteiger partial charge < -0.3 is 24.8 Å². The Morgan fingerprint density at radius 1 is 1.17 bits per heavy atom. The van der Waals surface area contributed by atoms with Gasteiger partial charge in [0.25, 0.3) is 0 Å². The van der Waals surface area contributed by atoms with E-state index in [9.17, 15) is 13.2 Å². The molecule has 2 aromatic carbocycles. The summed E-state index contributed by atoms with van der Waals surface area (Å²) in [6.45, 7) is -2.79. The normalized spacial score (nSPS) is 12.6. The molecule has 0 spiro atoms. The summed E-state index contributed by atoms with van der Waals surface area (Å²) in [5.41, 5.74) is 0.974. The molecule has 0 amide bonds. The molecule has 1 aliphatic heterocycles. The van der Waals surface area contributed by atoms with E-state index in [4.69, 9.17) is 14.7 Å². The van der Waals surface area contributed by atoms with Gasteiger partial charge in [0.15, 0.2) is 17.5 Å². The van der Waals surface area contributed by atoms with E-state index >= 15 is 0 Å². The molecule has 0 radical (unpaired) electrons. The Hall–Kier alpha value is -3.61. The van der Waals surface area contributed by atoms with E-state index in [1.54, 1.807) is 6.07 Å². The van der Waals surface area contributed by atoms with Gasteiger partial charge in [0, 0.05) is 37.3 Å². The quantitative estimate of drug-likeness (QED) is 0.567. The molecule has 2 N–H and O–H groups in total. The van der Waals surface area contributed by atoms with Gasteiger partial charge in [-0.25, -0.2) is 4.39 Å². The van der Waals surface area contributed by atoms with Gasteiger partial charge in [-0.2, -0.15) is 14.0 Å². The molecule has 2 aromatic rings. The van der Waals surface area contributed by atoms with Crippen LogP contribution in [-0.4, -0.2) is 26.4 Å². The minimum Gasteiger partial charge on any atom is -0.454 e. The van der Waals surface area contributed by atoms with Gasteiger partial charge in [-0.05, 0) is 18.2 Å². The van der Waals surface area contributed by atoms with E-state index < -0.39 is 12.4 Å². The van der Waals surface area contributed by atoms with E-state index in [0.29, 0.717) is 28.6 Å². The topological polar surface area (TPSA) is 87.9 Å². The molecular formula is C19H17F3N4O3. The number of fused-ring (bicyclic) bond motifs is 1. The number of hydrogen-bond donors (Lipinski definition) is 2. The van der Waals surface area contributed by atoms with Crippen LogP contribution in [-0.2, 0) is 13.1 Å². The van der Waals surface area contributed by atoms with Gasteiger partial charge in [0.2, 0.25) is 6.79 Å². The zero-order valence-corrected chi connectivity index (χ0v) is 15.3. The van der Waals surface area contributed by atoms with E-state index in [1.165, 1.54) is 25.2 Å². The molecule has 0 fully saturated rings. The second kappa shape index (κ2) is 9.05. The molecule has 0 atom stereocenters. The van der Waals surface area contributed by atoms with Crippen molar-refractivity contribution in [3.8, 4) is 23.3 Å². The molecule has 3 rings (SSSR count). The average Bonchev–Trinajstić information content (AvgIpc) is 3.15. The van der Waals surface area contributed by atoms with Crippen LogP contribution in [0.3, 0.4) is 0 Å². The van der Waals surface area contributed by atoms with Crippen molar-refractivity contribution in [3.63, 3.8) is 0 Å². The standard InChI is InChI=1S/C19H17F3N4O3/c1-24-19(25-8-12-3-2-11(7-23)4-14(12)20)26-9-13-5-16-17(28-10-27-16)6-15(13)29-18(21)22/h2-6,18H,8-10H2,1H3,(H2,24,25,26). The first-order valence-corrected chi connectivity index (χ1v) is 8.50. The average molecular weight is 406 g/mol. The number of benzene rings is 2. The SMILES string of the molecule is CN=C(NCc1ccc(C#N)cc1F)NCc1cc2c(cc1OC(F)F)OCO2. The molecule has 0 saturated heterocycles. The van der Waals surface area contributed by atoms with Gasteiger partial charge in [-0.1, -0.05) is 6.07 Å². The Morgan fingerprint density at radius 2 is 1.86 bits per heavy atom. The van der Waals surface area contributed by atoms with E-state index in [-0.39, 0.29) is 31.2 Å². The lowest BCUT2D eigenvalue weighted by molar-refractivity contribution is -0.0505. The Balaban J connectivity index is 1.66. The van der Waals surface area contributed by atoms with Gasteiger partial charge in [-0.15, -0.1) is 0 Å². The minimum atomic E-state index is -2.99. The molecule has 1 aliphatic rings. The summed E-state index contributed by atoms with van der Waals surface area (Å²) in [6, 6.07) is 8.91. The van der Waals surface area contributed by atoms with E-state index in [1.807, 2.05) is 6.07 Å². The number of halogens is 3. The largest absolute Gasteiger partial charge is 0.454 e. The van der Waals surface area contributed by atoms with Gasteiger partial charge in [0.1, 0.15) is 11.6 Å². The number of aliphatic imine (C=N–C) groups is 1. The lowest BCUT2D eigenvalue weighted by Crippen LogP contribution is -2.36. The van der Waals surface area contributed by atoms with Crippen LogP contribution < -0.4 is 24.8 Å². The third-order valence-electron chi connectivity index (χ3n) is 4.07. The third kappa shape index (κ3) is 5.01. The molecule has 0 unspecified atom stereocenters. The molecule has 10 heteroatoms. The molecule has 7 nitrogen and oxygen atoms in total. The summed E-state index contributed by atoms with van der Waals surface area (Å²) in [5.74, 6) is 0.490. The highest BCUT2D eigenvalue weighted by molar-refractivity contribution is 5.79. The molecule has 0 aromatic heterocycles.